The SMILES string of the molecule is Cc1c(NC(=O)COC(=O)CCOc2ccccc2)c(=O)n(-c2ccccc2)n1C. The average Bonchev–Trinajstić information content (AvgIpc) is 2.97. The maximum atomic E-state index is 12.8. The van der Waals surface area contributed by atoms with Crippen LogP contribution in [0.5, 0.6) is 5.75 Å². The van der Waals surface area contributed by atoms with E-state index in [2.05, 4.69) is 5.32 Å². The summed E-state index contributed by atoms with van der Waals surface area (Å²) in [4.78, 5) is 36.8. The van der Waals surface area contributed by atoms with E-state index in [1.807, 2.05) is 36.4 Å². The van der Waals surface area contributed by atoms with Gasteiger partial charge in [-0.1, -0.05) is 36.4 Å². The Bertz CT molecular complexity index is 1070. The second-order valence-corrected chi connectivity index (χ2v) is 6.56. The van der Waals surface area contributed by atoms with E-state index in [-0.39, 0.29) is 24.3 Å². The van der Waals surface area contributed by atoms with Crippen LogP contribution in [0, 0.1) is 6.92 Å². The lowest BCUT2D eigenvalue weighted by Crippen LogP contribution is -2.26. The molecule has 3 rings (SSSR count). The topological polar surface area (TPSA) is 91.6 Å². The third-order valence-electron chi connectivity index (χ3n) is 4.50. The maximum Gasteiger partial charge on any atom is 0.309 e. The molecule has 1 amide bonds. The minimum Gasteiger partial charge on any atom is -0.493 e. The number of para-hydroxylation sites is 2. The molecule has 0 saturated heterocycles. The van der Waals surface area contributed by atoms with E-state index < -0.39 is 18.5 Å². The van der Waals surface area contributed by atoms with Crippen molar-refractivity contribution < 1.29 is 19.1 Å². The van der Waals surface area contributed by atoms with E-state index >= 15 is 0 Å². The van der Waals surface area contributed by atoms with Gasteiger partial charge >= 0.3 is 5.97 Å². The van der Waals surface area contributed by atoms with Gasteiger partial charge < -0.3 is 14.8 Å². The summed E-state index contributed by atoms with van der Waals surface area (Å²) in [7, 11) is 1.73. The van der Waals surface area contributed by atoms with Gasteiger partial charge in [-0.25, -0.2) is 4.68 Å². The van der Waals surface area contributed by atoms with Crippen molar-refractivity contribution in [3.8, 4) is 11.4 Å². The lowest BCUT2D eigenvalue weighted by atomic mass is 10.3. The van der Waals surface area contributed by atoms with Crippen LogP contribution in [-0.2, 0) is 21.4 Å². The zero-order valence-electron chi connectivity index (χ0n) is 16.8. The molecule has 0 fully saturated rings. The summed E-state index contributed by atoms with van der Waals surface area (Å²) >= 11 is 0. The number of hydrogen-bond donors (Lipinski definition) is 1. The van der Waals surface area contributed by atoms with Gasteiger partial charge in [0.05, 0.1) is 24.4 Å². The molecule has 156 valence electrons. The van der Waals surface area contributed by atoms with E-state index in [0.29, 0.717) is 17.1 Å². The average molecular weight is 409 g/mol. The van der Waals surface area contributed by atoms with Crippen LogP contribution in [0.3, 0.4) is 0 Å². The normalized spacial score (nSPS) is 10.5. The summed E-state index contributed by atoms with van der Waals surface area (Å²) in [6, 6.07) is 18.2. The zero-order valence-corrected chi connectivity index (χ0v) is 16.8. The van der Waals surface area contributed by atoms with E-state index in [9.17, 15) is 14.4 Å². The molecule has 30 heavy (non-hydrogen) atoms. The van der Waals surface area contributed by atoms with Crippen molar-refractivity contribution in [3.63, 3.8) is 0 Å². The quantitative estimate of drug-likeness (QED) is 0.577. The molecule has 0 saturated carbocycles. The molecular formula is C22H23N3O5. The molecule has 2 aromatic carbocycles. The molecule has 0 radical (unpaired) electrons. The predicted octanol–water partition coefficient (Wildman–Crippen LogP) is 2.44. The third kappa shape index (κ3) is 4.96. The van der Waals surface area contributed by atoms with Gasteiger partial charge in [0.15, 0.2) is 6.61 Å². The Balaban J connectivity index is 1.54. The summed E-state index contributed by atoms with van der Waals surface area (Å²) in [5, 5.41) is 2.55. The van der Waals surface area contributed by atoms with Crippen molar-refractivity contribution >= 4 is 17.6 Å². The van der Waals surface area contributed by atoms with Gasteiger partial charge in [-0.15, -0.1) is 0 Å². The molecule has 0 bridgehead atoms. The number of esters is 1. The molecule has 0 unspecified atom stereocenters. The third-order valence-corrected chi connectivity index (χ3v) is 4.50. The number of aromatic nitrogens is 2. The molecule has 1 aromatic heterocycles. The van der Waals surface area contributed by atoms with Crippen LogP contribution in [0.15, 0.2) is 65.5 Å². The number of hydrogen-bond acceptors (Lipinski definition) is 5. The highest BCUT2D eigenvalue weighted by atomic mass is 16.5. The Morgan fingerprint density at radius 1 is 1.00 bits per heavy atom. The number of amides is 1. The first-order valence-electron chi connectivity index (χ1n) is 9.44. The molecule has 0 aliphatic carbocycles. The first-order valence-corrected chi connectivity index (χ1v) is 9.44. The van der Waals surface area contributed by atoms with Gasteiger partial charge in [-0.2, -0.15) is 0 Å². The molecular weight excluding hydrogens is 386 g/mol. The molecule has 0 aliphatic heterocycles. The van der Waals surface area contributed by atoms with Gasteiger partial charge in [0.25, 0.3) is 11.5 Å². The number of ether oxygens (including phenoxy) is 2. The lowest BCUT2D eigenvalue weighted by molar-refractivity contribution is -0.147. The Morgan fingerprint density at radius 3 is 2.30 bits per heavy atom. The Labute approximate surface area is 173 Å². The van der Waals surface area contributed by atoms with Crippen molar-refractivity contribution in [1.29, 1.82) is 0 Å². The Hall–Kier alpha value is -3.81. The number of rotatable bonds is 8. The largest absolute Gasteiger partial charge is 0.493 e. The Kier molecular flexibility index (Phi) is 6.69. The van der Waals surface area contributed by atoms with Crippen molar-refractivity contribution in [2.24, 2.45) is 7.05 Å². The number of carbonyl (C=O) groups excluding carboxylic acids is 2. The highest BCUT2D eigenvalue weighted by molar-refractivity contribution is 5.93. The van der Waals surface area contributed by atoms with Crippen LogP contribution in [0.4, 0.5) is 5.69 Å². The van der Waals surface area contributed by atoms with Gasteiger partial charge in [-0.05, 0) is 31.2 Å². The molecule has 0 aliphatic rings. The molecule has 0 spiro atoms. The standard InChI is InChI=1S/C22H23N3O5/c1-16-21(22(28)25(24(16)2)17-9-5-3-6-10-17)23-19(26)15-30-20(27)13-14-29-18-11-7-4-8-12-18/h3-12H,13-15H2,1-2H3,(H,23,26). The number of carbonyl (C=O) groups is 2. The minimum absolute atomic E-state index is 0.00729. The fourth-order valence-electron chi connectivity index (χ4n) is 2.87. The summed E-state index contributed by atoms with van der Waals surface area (Å²) in [5.74, 6) is -0.497. The first-order chi connectivity index (χ1) is 14.5. The lowest BCUT2D eigenvalue weighted by Gasteiger charge is -2.07. The van der Waals surface area contributed by atoms with Crippen molar-refractivity contribution in [1.82, 2.24) is 9.36 Å². The highest BCUT2D eigenvalue weighted by Crippen LogP contribution is 2.14. The predicted molar refractivity (Wildman–Crippen MR) is 112 cm³/mol. The van der Waals surface area contributed by atoms with Crippen LogP contribution in [0.2, 0.25) is 0 Å². The number of nitrogens with one attached hydrogen (secondary N) is 1. The van der Waals surface area contributed by atoms with E-state index in [1.165, 1.54) is 4.68 Å². The van der Waals surface area contributed by atoms with Gasteiger partial charge in [0.1, 0.15) is 11.4 Å². The summed E-state index contributed by atoms with van der Waals surface area (Å²) < 4.78 is 13.5. The van der Waals surface area contributed by atoms with E-state index in [1.54, 1.807) is 42.9 Å². The first kappa shape index (κ1) is 20.9. The molecule has 8 nitrogen and oxygen atoms in total. The van der Waals surface area contributed by atoms with E-state index in [4.69, 9.17) is 9.47 Å². The molecule has 1 heterocycles. The summed E-state index contributed by atoms with van der Waals surface area (Å²) in [5.41, 5.74) is 1.05. The van der Waals surface area contributed by atoms with Crippen LogP contribution in [0.1, 0.15) is 12.1 Å². The fraction of sp³-hybridized carbons (Fsp3) is 0.227. The number of nitrogens with zero attached hydrogens (tertiary/aromatic N) is 2. The molecule has 3 aromatic rings. The fourth-order valence-corrected chi connectivity index (χ4v) is 2.87. The van der Waals surface area contributed by atoms with Crippen molar-refractivity contribution in [2.45, 2.75) is 13.3 Å². The van der Waals surface area contributed by atoms with Gasteiger partial charge in [-0.3, -0.25) is 19.1 Å². The number of anilines is 1. The van der Waals surface area contributed by atoms with Gasteiger partial charge in [0.2, 0.25) is 0 Å². The second kappa shape index (κ2) is 9.60. The summed E-state index contributed by atoms with van der Waals surface area (Å²) in [6.07, 6.45) is 0.00729. The van der Waals surface area contributed by atoms with Crippen LogP contribution in [0.25, 0.3) is 5.69 Å². The summed E-state index contributed by atoms with van der Waals surface area (Å²) in [6.45, 7) is 1.39. The van der Waals surface area contributed by atoms with Crippen LogP contribution < -0.4 is 15.6 Å². The van der Waals surface area contributed by atoms with Crippen LogP contribution >= 0.6 is 0 Å². The van der Waals surface area contributed by atoms with Crippen LogP contribution in [-0.4, -0.2) is 34.5 Å². The van der Waals surface area contributed by atoms with E-state index in [0.717, 1.165) is 0 Å². The zero-order chi connectivity index (χ0) is 21.5. The highest BCUT2D eigenvalue weighted by Gasteiger charge is 2.18. The van der Waals surface area contributed by atoms with Crippen molar-refractivity contribution in [2.75, 3.05) is 18.5 Å². The maximum absolute atomic E-state index is 12.8. The van der Waals surface area contributed by atoms with Crippen molar-refractivity contribution in [3.05, 3.63) is 76.7 Å². The molecule has 0 atom stereocenters. The second-order valence-electron chi connectivity index (χ2n) is 6.56. The Morgan fingerprint density at radius 2 is 1.63 bits per heavy atom. The monoisotopic (exact) mass is 409 g/mol. The molecule has 8 heteroatoms. The number of benzene rings is 2. The molecule has 1 N–H and O–H groups in total. The smallest absolute Gasteiger partial charge is 0.309 e. The minimum atomic E-state index is -0.585. The van der Waals surface area contributed by atoms with Gasteiger partial charge in [0, 0.05) is 7.05 Å².